The van der Waals surface area contributed by atoms with Gasteiger partial charge in [0, 0.05) is 12.1 Å². The zero-order valence-electron chi connectivity index (χ0n) is 12.3. The molecule has 3 rings (SSSR count). The summed E-state index contributed by atoms with van der Waals surface area (Å²) in [6.07, 6.45) is 0.904. The number of anilines is 1. The SMILES string of the molecule is COc1ccc(-c2noc(NCCc3ccccc3)n2)cc1. The van der Waals surface area contributed by atoms with Crippen LogP contribution in [0.5, 0.6) is 5.75 Å². The number of rotatable bonds is 6. The van der Waals surface area contributed by atoms with Crippen LogP contribution in [0.1, 0.15) is 5.56 Å². The number of benzene rings is 2. The minimum Gasteiger partial charge on any atom is -0.497 e. The topological polar surface area (TPSA) is 60.2 Å². The van der Waals surface area contributed by atoms with Gasteiger partial charge in [-0.05, 0) is 36.2 Å². The van der Waals surface area contributed by atoms with Crippen molar-refractivity contribution in [3.63, 3.8) is 0 Å². The van der Waals surface area contributed by atoms with Crippen molar-refractivity contribution >= 4 is 6.01 Å². The van der Waals surface area contributed by atoms with Gasteiger partial charge in [-0.15, -0.1) is 0 Å². The van der Waals surface area contributed by atoms with Crippen molar-refractivity contribution in [2.24, 2.45) is 0 Å². The fraction of sp³-hybridized carbons (Fsp3) is 0.176. The smallest absolute Gasteiger partial charge is 0.321 e. The number of hydrogen-bond donors (Lipinski definition) is 1. The van der Waals surface area contributed by atoms with Crippen molar-refractivity contribution in [3.8, 4) is 17.1 Å². The lowest BCUT2D eigenvalue weighted by molar-refractivity contribution is 0.415. The van der Waals surface area contributed by atoms with Crippen molar-refractivity contribution in [3.05, 3.63) is 60.2 Å². The molecule has 0 amide bonds. The first-order chi connectivity index (χ1) is 10.8. The van der Waals surface area contributed by atoms with E-state index in [2.05, 4.69) is 27.6 Å². The van der Waals surface area contributed by atoms with Crippen molar-refractivity contribution in [2.45, 2.75) is 6.42 Å². The van der Waals surface area contributed by atoms with E-state index in [1.807, 2.05) is 42.5 Å². The lowest BCUT2D eigenvalue weighted by Gasteiger charge is -2.01. The highest BCUT2D eigenvalue weighted by Crippen LogP contribution is 2.20. The molecule has 0 saturated heterocycles. The summed E-state index contributed by atoms with van der Waals surface area (Å²) in [7, 11) is 1.64. The van der Waals surface area contributed by atoms with Gasteiger partial charge in [0.25, 0.3) is 0 Å². The van der Waals surface area contributed by atoms with Crippen LogP contribution in [0.3, 0.4) is 0 Å². The molecule has 0 bridgehead atoms. The van der Waals surface area contributed by atoms with Crippen LogP contribution in [0.4, 0.5) is 6.01 Å². The van der Waals surface area contributed by atoms with E-state index in [0.717, 1.165) is 24.3 Å². The Morgan fingerprint density at radius 1 is 1.05 bits per heavy atom. The predicted octanol–water partition coefficient (Wildman–Crippen LogP) is 3.40. The molecule has 112 valence electrons. The fourth-order valence-corrected chi connectivity index (χ4v) is 2.11. The van der Waals surface area contributed by atoms with Gasteiger partial charge in [0.2, 0.25) is 5.82 Å². The molecule has 22 heavy (non-hydrogen) atoms. The molecule has 0 spiro atoms. The third-order valence-corrected chi connectivity index (χ3v) is 3.31. The van der Waals surface area contributed by atoms with Crippen LogP contribution in [0.15, 0.2) is 59.1 Å². The molecule has 0 radical (unpaired) electrons. The third-order valence-electron chi connectivity index (χ3n) is 3.31. The zero-order chi connectivity index (χ0) is 15.2. The number of nitrogens with zero attached hydrogens (tertiary/aromatic N) is 2. The summed E-state index contributed by atoms with van der Waals surface area (Å²) >= 11 is 0. The van der Waals surface area contributed by atoms with Gasteiger partial charge in [-0.3, -0.25) is 0 Å². The van der Waals surface area contributed by atoms with E-state index in [-0.39, 0.29) is 0 Å². The van der Waals surface area contributed by atoms with Crippen LogP contribution >= 0.6 is 0 Å². The van der Waals surface area contributed by atoms with Gasteiger partial charge in [-0.1, -0.05) is 35.5 Å². The Morgan fingerprint density at radius 3 is 2.55 bits per heavy atom. The van der Waals surface area contributed by atoms with Crippen molar-refractivity contribution in [1.29, 1.82) is 0 Å². The van der Waals surface area contributed by atoms with Crippen LogP contribution in [0.2, 0.25) is 0 Å². The van der Waals surface area contributed by atoms with E-state index in [4.69, 9.17) is 9.26 Å². The fourth-order valence-electron chi connectivity index (χ4n) is 2.11. The summed E-state index contributed by atoms with van der Waals surface area (Å²) < 4.78 is 10.3. The van der Waals surface area contributed by atoms with Crippen molar-refractivity contribution in [1.82, 2.24) is 10.1 Å². The molecule has 0 aliphatic carbocycles. The quantitative estimate of drug-likeness (QED) is 0.755. The monoisotopic (exact) mass is 295 g/mol. The average molecular weight is 295 g/mol. The average Bonchev–Trinajstić information content (AvgIpc) is 3.05. The van der Waals surface area contributed by atoms with Gasteiger partial charge in [0.05, 0.1) is 7.11 Å². The van der Waals surface area contributed by atoms with E-state index in [1.54, 1.807) is 7.11 Å². The lowest BCUT2D eigenvalue weighted by Crippen LogP contribution is -2.04. The normalized spacial score (nSPS) is 10.4. The first-order valence-electron chi connectivity index (χ1n) is 7.11. The van der Waals surface area contributed by atoms with E-state index < -0.39 is 0 Å². The maximum Gasteiger partial charge on any atom is 0.321 e. The summed E-state index contributed by atoms with van der Waals surface area (Å²) in [5, 5.41) is 7.12. The molecule has 1 aromatic heterocycles. The van der Waals surface area contributed by atoms with E-state index in [1.165, 1.54) is 5.56 Å². The molecule has 5 heteroatoms. The van der Waals surface area contributed by atoms with Crippen LogP contribution < -0.4 is 10.1 Å². The Bertz CT molecular complexity index is 708. The third kappa shape index (κ3) is 3.44. The van der Waals surface area contributed by atoms with Crippen LogP contribution in [-0.4, -0.2) is 23.8 Å². The Hall–Kier alpha value is -2.82. The first kappa shape index (κ1) is 14.1. The molecule has 1 heterocycles. The molecule has 5 nitrogen and oxygen atoms in total. The highest BCUT2D eigenvalue weighted by molar-refractivity contribution is 5.56. The Labute approximate surface area is 128 Å². The second kappa shape index (κ2) is 6.76. The van der Waals surface area contributed by atoms with Crippen LogP contribution in [-0.2, 0) is 6.42 Å². The number of nitrogens with one attached hydrogen (secondary N) is 1. The highest BCUT2D eigenvalue weighted by atomic mass is 16.5. The molecule has 3 aromatic rings. The predicted molar refractivity (Wildman–Crippen MR) is 84.9 cm³/mol. The summed E-state index contributed by atoms with van der Waals surface area (Å²) in [5.74, 6) is 1.36. The maximum absolute atomic E-state index is 5.21. The number of ether oxygens (including phenoxy) is 1. The lowest BCUT2D eigenvalue weighted by atomic mass is 10.1. The van der Waals surface area contributed by atoms with Gasteiger partial charge in [-0.25, -0.2) is 0 Å². The number of hydrogen-bond acceptors (Lipinski definition) is 5. The number of methoxy groups -OCH3 is 1. The molecule has 1 N–H and O–H groups in total. The minimum atomic E-state index is 0.432. The minimum absolute atomic E-state index is 0.432. The summed E-state index contributed by atoms with van der Waals surface area (Å²) in [6.45, 7) is 0.744. The molecule has 0 fully saturated rings. The van der Waals surface area contributed by atoms with Gasteiger partial charge in [0.15, 0.2) is 0 Å². The highest BCUT2D eigenvalue weighted by Gasteiger charge is 2.08. The number of aromatic nitrogens is 2. The molecular formula is C17H17N3O2. The van der Waals surface area contributed by atoms with Crippen molar-refractivity contribution < 1.29 is 9.26 Å². The summed E-state index contributed by atoms with van der Waals surface area (Å²) in [4.78, 5) is 4.34. The van der Waals surface area contributed by atoms with Crippen LogP contribution in [0.25, 0.3) is 11.4 Å². The van der Waals surface area contributed by atoms with Gasteiger partial charge >= 0.3 is 6.01 Å². The van der Waals surface area contributed by atoms with Gasteiger partial charge in [-0.2, -0.15) is 4.98 Å². The van der Waals surface area contributed by atoms with Gasteiger partial charge < -0.3 is 14.6 Å². The standard InChI is InChI=1S/C17H17N3O2/c1-21-15-9-7-14(8-10-15)16-19-17(22-20-16)18-12-11-13-5-3-2-4-6-13/h2-10H,11-12H2,1H3,(H,18,19,20). The molecule has 0 unspecified atom stereocenters. The second-order valence-corrected chi connectivity index (χ2v) is 4.81. The zero-order valence-corrected chi connectivity index (χ0v) is 12.3. The summed E-state index contributed by atoms with van der Waals surface area (Å²) in [5.41, 5.74) is 2.16. The van der Waals surface area contributed by atoms with E-state index in [9.17, 15) is 0 Å². The van der Waals surface area contributed by atoms with Crippen LogP contribution in [0, 0.1) is 0 Å². The summed E-state index contributed by atoms with van der Waals surface area (Å²) in [6, 6.07) is 18.2. The molecule has 0 aliphatic rings. The first-order valence-corrected chi connectivity index (χ1v) is 7.11. The Morgan fingerprint density at radius 2 is 1.82 bits per heavy atom. The molecular weight excluding hydrogens is 278 g/mol. The molecule has 0 saturated carbocycles. The largest absolute Gasteiger partial charge is 0.497 e. The molecule has 2 aromatic carbocycles. The second-order valence-electron chi connectivity index (χ2n) is 4.81. The Kier molecular flexibility index (Phi) is 4.34. The van der Waals surface area contributed by atoms with Crippen molar-refractivity contribution in [2.75, 3.05) is 19.0 Å². The van der Waals surface area contributed by atoms with E-state index >= 15 is 0 Å². The maximum atomic E-state index is 5.21. The molecule has 0 atom stereocenters. The van der Waals surface area contributed by atoms with Gasteiger partial charge in [0.1, 0.15) is 5.75 Å². The molecule has 0 aliphatic heterocycles. The van der Waals surface area contributed by atoms with E-state index in [0.29, 0.717) is 11.8 Å². The Balaban J connectivity index is 1.58.